The van der Waals surface area contributed by atoms with E-state index in [1.165, 1.54) is 5.56 Å². The highest BCUT2D eigenvalue weighted by Gasteiger charge is 2.17. The molecule has 2 N–H and O–H groups in total. The SMILES string of the molecule is CCn1ccc(CNc2ccc(OC)c(NC(=O)OC(C)(C)C)c2)c1. The third kappa shape index (κ3) is 5.74. The van der Waals surface area contributed by atoms with Gasteiger partial charge in [-0.15, -0.1) is 0 Å². The van der Waals surface area contributed by atoms with E-state index in [1.54, 1.807) is 7.11 Å². The number of nitrogens with zero attached hydrogens (tertiary/aromatic N) is 1. The summed E-state index contributed by atoms with van der Waals surface area (Å²) in [5, 5.41) is 6.09. The molecule has 1 heterocycles. The third-order valence-corrected chi connectivity index (χ3v) is 3.51. The summed E-state index contributed by atoms with van der Waals surface area (Å²) < 4.78 is 12.7. The van der Waals surface area contributed by atoms with E-state index in [2.05, 4.69) is 40.6 Å². The summed E-state index contributed by atoms with van der Waals surface area (Å²) in [4.78, 5) is 12.0. The number of hydrogen-bond acceptors (Lipinski definition) is 4. The van der Waals surface area contributed by atoms with E-state index < -0.39 is 11.7 Å². The zero-order valence-corrected chi connectivity index (χ0v) is 15.6. The number of methoxy groups -OCH3 is 1. The Labute approximate surface area is 149 Å². The smallest absolute Gasteiger partial charge is 0.412 e. The van der Waals surface area contributed by atoms with Crippen molar-refractivity contribution in [2.24, 2.45) is 0 Å². The van der Waals surface area contributed by atoms with Gasteiger partial charge in [-0.3, -0.25) is 5.32 Å². The Kier molecular flexibility index (Phi) is 5.96. The van der Waals surface area contributed by atoms with Crippen molar-refractivity contribution in [1.29, 1.82) is 0 Å². The van der Waals surface area contributed by atoms with Crippen molar-refractivity contribution in [3.8, 4) is 5.75 Å². The summed E-state index contributed by atoms with van der Waals surface area (Å²) in [5.74, 6) is 0.577. The number of carbonyl (C=O) groups is 1. The van der Waals surface area contributed by atoms with Gasteiger partial charge in [0.05, 0.1) is 12.8 Å². The first kappa shape index (κ1) is 18.7. The Morgan fingerprint density at radius 3 is 2.60 bits per heavy atom. The lowest BCUT2D eigenvalue weighted by molar-refractivity contribution is 0.0635. The topological polar surface area (TPSA) is 64.5 Å². The van der Waals surface area contributed by atoms with Crippen molar-refractivity contribution in [3.63, 3.8) is 0 Å². The minimum Gasteiger partial charge on any atom is -0.495 e. The summed E-state index contributed by atoms with van der Waals surface area (Å²) >= 11 is 0. The van der Waals surface area contributed by atoms with Crippen LogP contribution >= 0.6 is 0 Å². The van der Waals surface area contributed by atoms with E-state index in [9.17, 15) is 4.79 Å². The molecule has 0 aliphatic carbocycles. The quantitative estimate of drug-likeness (QED) is 0.810. The number of amides is 1. The average Bonchev–Trinajstić information content (AvgIpc) is 2.99. The number of aryl methyl sites for hydroxylation is 1. The molecule has 0 unspecified atom stereocenters. The van der Waals surface area contributed by atoms with Crippen molar-refractivity contribution in [2.75, 3.05) is 17.7 Å². The van der Waals surface area contributed by atoms with Crippen LogP contribution in [0, 0.1) is 0 Å². The predicted octanol–water partition coefficient (Wildman–Crippen LogP) is 4.48. The van der Waals surface area contributed by atoms with Crippen LogP contribution in [0.25, 0.3) is 0 Å². The van der Waals surface area contributed by atoms with Gasteiger partial charge in [-0.1, -0.05) is 0 Å². The molecule has 1 aromatic heterocycles. The molecule has 136 valence electrons. The molecule has 0 aliphatic rings. The number of carbonyl (C=O) groups excluding carboxylic acids is 1. The van der Waals surface area contributed by atoms with E-state index in [0.29, 0.717) is 18.0 Å². The molecule has 0 saturated carbocycles. The molecular weight excluding hydrogens is 318 g/mol. The van der Waals surface area contributed by atoms with Crippen LogP contribution in [0.4, 0.5) is 16.2 Å². The molecule has 6 nitrogen and oxygen atoms in total. The van der Waals surface area contributed by atoms with Crippen LogP contribution < -0.4 is 15.4 Å². The van der Waals surface area contributed by atoms with E-state index in [0.717, 1.165) is 12.2 Å². The monoisotopic (exact) mass is 345 g/mol. The van der Waals surface area contributed by atoms with Gasteiger partial charge in [-0.05, 0) is 57.5 Å². The van der Waals surface area contributed by atoms with Crippen LogP contribution in [-0.4, -0.2) is 23.4 Å². The number of rotatable bonds is 6. The lowest BCUT2D eigenvalue weighted by Gasteiger charge is -2.20. The molecule has 1 aromatic carbocycles. The number of anilines is 2. The molecule has 0 radical (unpaired) electrons. The van der Waals surface area contributed by atoms with Gasteiger partial charge in [-0.2, -0.15) is 0 Å². The van der Waals surface area contributed by atoms with Gasteiger partial charge in [0, 0.05) is 31.2 Å². The van der Waals surface area contributed by atoms with Crippen molar-refractivity contribution in [1.82, 2.24) is 4.57 Å². The fourth-order valence-corrected chi connectivity index (χ4v) is 2.33. The second kappa shape index (κ2) is 7.96. The van der Waals surface area contributed by atoms with E-state index >= 15 is 0 Å². The summed E-state index contributed by atoms with van der Waals surface area (Å²) in [5.41, 5.74) is 2.09. The molecule has 0 fully saturated rings. The molecule has 0 atom stereocenters. The Balaban J connectivity index is 2.06. The summed E-state index contributed by atoms with van der Waals surface area (Å²) in [6.45, 7) is 9.23. The minimum atomic E-state index is -0.556. The van der Waals surface area contributed by atoms with Gasteiger partial charge in [0.25, 0.3) is 0 Å². The first-order valence-electron chi connectivity index (χ1n) is 8.37. The molecule has 6 heteroatoms. The van der Waals surface area contributed by atoms with Gasteiger partial charge in [0.15, 0.2) is 0 Å². The van der Waals surface area contributed by atoms with Crippen LogP contribution in [0.2, 0.25) is 0 Å². The van der Waals surface area contributed by atoms with Gasteiger partial charge in [-0.25, -0.2) is 4.79 Å². The molecule has 0 bridgehead atoms. The summed E-state index contributed by atoms with van der Waals surface area (Å²) in [6.07, 6.45) is 3.65. The summed E-state index contributed by atoms with van der Waals surface area (Å²) in [6, 6.07) is 7.64. The van der Waals surface area contributed by atoms with Gasteiger partial charge >= 0.3 is 6.09 Å². The highest BCUT2D eigenvalue weighted by atomic mass is 16.6. The van der Waals surface area contributed by atoms with Crippen molar-refractivity contribution in [3.05, 3.63) is 42.2 Å². The largest absolute Gasteiger partial charge is 0.495 e. The van der Waals surface area contributed by atoms with Crippen LogP contribution in [-0.2, 0) is 17.8 Å². The highest BCUT2D eigenvalue weighted by Crippen LogP contribution is 2.28. The van der Waals surface area contributed by atoms with Crippen molar-refractivity contribution in [2.45, 2.75) is 46.4 Å². The lowest BCUT2D eigenvalue weighted by atomic mass is 10.2. The number of benzene rings is 1. The standard InChI is InChI=1S/C19H27N3O3/c1-6-22-10-9-14(13-22)12-20-15-7-8-17(24-5)16(11-15)21-18(23)25-19(2,3)4/h7-11,13,20H,6,12H2,1-5H3,(H,21,23). The molecule has 2 aromatic rings. The number of nitrogens with one attached hydrogen (secondary N) is 2. The van der Waals surface area contributed by atoms with Gasteiger partial charge in [0.2, 0.25) is 0 Å². The maximum Gasteiger partial charge on any atom is 0.412 e. The number of aromatic nitrogens is 1. The number of hydrogen-bond donors (Lipinski definition) is 2. The van der Waals surface area contributed by atoms with Gasteiger partial charge < -0.3 is 19.4 Å². The zero-order chi connectivity index (χ0) is 18.4. The predicted molar refractivity (Wildman–Crippen MR) is 100 cm³/mol. The number of ether oxygens (including phenoxy) is 2. The fraction of sp³-hybridized carbons (Fsp3) is 0.421. The van der Waals surface area contributed by atoms with Crippen LogP contribution in [0.15, 0.2) is 36.7 Å². The molecular formula is C19H27N3O3. The summed E-state index contributed by atoms with van der Waals surface area (Å²) in [7, 11) is 1.57. The van der Waals surface area contributed by atoms with E-state index in [-0.39, 0.29) is 0 Å². The maximum absolute atomic E-state index is 12.0. The third-order valence-electron chi connectivity index (χ3n) is 3.51. The average molecular weight is 345 g/mol. The van der Waals surface area contributed by atoms with Crippen molar-refractivity contribution >= 4 is 17.5 Å². The van der Waals surface area contributed by atoms with E-state index in [1.807, 2.05) is 39.0 Å². The first-order chi connectivity index (χ1) is 11.8. The normalized spacial score (nSPS) is 11.1. The molecule has 0 saturated heterocycles. The zero-order valence-electron chi connectivity index (χ0n) is 15.6. The van der Waals surface area contributed by atoms with Crippen LogP contribution in [0.3, 0.4) is 0 Å². The second-order valence-electron chi connectivity index (χ2n) is 6.75. The van der Waals surface area contributed by atoms with Crippen LogP contribution in [0.1, 0.15) is 33.3 Å². The minimum absolute atomic E-state index is 0.511. The lowest BCUT2D eigenvalue weighted by Crippen LogP contribution is -2.27. The van der Waals surface area contributed by atoms with Crippen LogP contribution in [0.5, 0.6) is 5.75 Å². The van der Waals surface area contributed by atoms with Crippen molar-refractivity contribution < 1.29 is 14.3 Å². The molecule has 25 heavy (non-hydrogen) atoms. The Morgan fingerprint density at radius 1 is 1.24 bits per heavy atom. The Hall–Kier alpha value is -2.63. The first-order valence-corrected chi connectivity index (χ1v) is 8.37. The highest BCUT2D eigenvalue weighted by molar-refractivity contribution is 5.88. The molecule has 0 spiro atoms. The Bertz CT molecular complexity index is 717. The molecule has 0 aliphatic heterocycles. The second-order valence-corrected chi connectivity index (χ2v) is 6.75. The molecule has 2 rings (SSSR count). The van der Waals surface area contributed by atoms with E-state index in [4.69, 9.17) is 9.47 Å². The van der Waals surface area contributed by atoms with Gasteiger partial charge in [0.1, 0.15) is 11.4 Å². The molecule has 1 amide bonds. The fourth-order valence-electron chi connectivity index (χ4n) is 2.33. The maximum atomic E-state index is 12.0. The Morgan fingerprint density at radius 2 is 2.00 bits per heavy atom.